The molecule has 1 aromatic rings. The van der Waals surface area contributed by atoms with Crippen LogP contribution < -0.4 is 16.4 Å². The van der Waals surface area contributed by atoms with Gasteiger partial charge in [-0.25, -0.2) is 4.79 Å². The third kappa shape index (κ3) is 5.97. The van der Waals surface area contributed by atoms with Gasteiger partial charge in [0.25, 0.3) is 0 Å². The molecule has 1 aromatic carbocycles. The molecule has 0 aliphatic heterocycles. The first-order valence-corrected chi connectivity index (χ1v) is 7.58. The average molecular weight is 295 g/mol. The summed E-state index contributed by atoms with van der Waals surface area (Å²) in [5, 5.41) is 4.92. The number of hydrogen-bond donors (Lipinski definition) is 3. The maximum absolute atomic E-state index is 11.6. The van der Waals surface area contributed by atoms with Gasteiger partial charge in [-0.1, -0.05) is 19.4 Å². The number of hydrogen-bond acceptors (Lipinski definition) is 4. The van der Waals surface area contributed by atoms with Crippen LogP contribution in [-0.4, -0.2) is 24.2 Å². The molecule has 0 atom stereocenters. The number of imide groups is 1. The van der Waals surface area contributed by atoms with Gasteiger partial charge in [0, 0.05) is 17.1 Å². The molecule has 0 radical (unpaired) electrons. The molecule has 0 aliphatic carbocycles. The van der Waals surface area contributed by atoms with E-state index in [0.717, 1.165) is 23.3 Å². The third-order valence-corrected chi connectivity index (χ3v) is 3.68. The highest BCUT2D eigenvalue weighted by Gasteiger charge is 2.08. The van der Waals surface area contributed by atoms with Crippen LogP contribution >= 0.6 is 11.8 Å². The van der Waals surface area contributed by atoms with E-state index in [1.54, 1.807) is 0 Å². The Morgan fingerprint density at radius 2 is 2.10 bits per heavy atom. The Morgan fingerprint density at radius 3 is 2.75 bits per heavy atom. The van der Waals surface area contributed by atoms with Crippen LogP contribution in [0.15, 0.2) is 23.1 Å². The van der Waals surface area contributed by atoms with Crippen LogP contribution in [0.2, 0.25) is 0 Å². The molecule has 0 bridgehead atoms. The van der Waals surface area contributed by atoms with Gasteiger partial charge in [-0.2, -0.15) is 0 Å². The van der Waals surface area contributed by atoms with Gasteiger partial charge in [0.15, 0.2) is 0 Å². The van der Waals surface area contributed by atoms with Gasteiger partial charge < -0.3 is 11.1 Å². The minimum absolute atomic E-state index is 0.161. The summed E-state index contributed by atoms with van der Waals surface area (Å²) in [5.41, 5.74) is 7.58. The second-order valence-electron chi connectivity index (χ2n) is 4.49. The summed E-state index contributed by atoms with van der Waals surface area (Å²) in [7, 11) is 0. The summed E-state index contributed by atoms with van der Waals surface area (Å²) in [6, 6.07) is 5.23. The molecule has 0 unspecified atom stereocenters. The van der Waals surface area contributed by atoms with Gasteiger partial charge in [0.1, 0.15) is 0 Å². The van der Waals surface area contributed by atoms with Crippen molar-refractivity contribution in [1.29, 1.82) is 0 Å². The Hall–Kier alpha value is -1.69. The number of benzene rings is 1. The summed E-state index contributed by atoms with van der Waals surface area (Å²) in [6.45, 7) is 4.57. The van der Waals surface area contributed by atoms with Gasteiger partial charge >= 0.3 is 6.03 Å². The van der Waals surface area contributed by atoms with Crippen molar-refractivity contribution in [3.63, 3.8) is 0 Å². The van der Waals surface area contributed by atoms with Crippen LogP contribution in [0, 0.1) is 6.92 Å². The predicted octanol–water partition coefficient (Wildman–Crippen LogP) is 2.30. The summed E-state index contributed by atoms with van der Waals surface area (Å²) in [5.74, 6) is -0.168. The minimum atomic E-state index is -0.444. The normalized spacial score (nSPS) is 10.1. The van der Waals surface area contributed by atoms with Gasteiger partial charge in [-0.3, -0.25) is 10.1 Å². The van der Waals surface area contributed by atoms with E-state index in [0.29, 0.717) is 12.2 Å². The molecule has 1 rings (SSSR count). The van der Waals surface area contributed by atoms with Crippen molar-refractivity contribution in [3.8, 4) is 0 Å². The number of urea groups is 1. The molecule has 110 valence electrons. The highest BCUT2D eigenvalue weighted by atomic mass is 32.2. The van der Waals surface area contributed by atoms with Crippen LogP contribution in [0.25, 0.3) is 0 Å². The lowest BCUT2D eigenvalue weighted by Crippen LogP contribution is -2.40. The molecule has 3 amide bonds. The first kappa shape index (κ1) is 16.4. The average Bonchev–Trinajstić information content (AvgIpc) is 2.38. The highest BCUT2D eigenvalue weighted by Crippen LogP contribution is 2.25. The zero-order valence-corrected chi connectivity index (χ0v) is 12.7. The number of anilines is 1. The SMILES string of the molecule is CCCCNC(=O)NC(=O)CSc1ccc(C)cc1N. The summed E-state index contributed by atoms with van der Waals surface area (Å²) >= 11 is 1.32. The number of carbonyl (C=O) groups is 2. The van der Waals surface area contributed by atoms with Gasteiger partial charge in [0.05, 0.1) is 5.75 Å². The van der Waals surface area contributed by atoms with E-state index in [1.165, 1.54) is 11.8 Å². The highest BCUT2D eigenvalue weighted by molar-refractivity contribution is 8.00. The maximum atomic E-state index is 11.6. The van der Waals surface area contributed by atoms with Crippen LogP contribution in [-0.2, 0) is 4.79 Å². The first-order valence-electron chi connectivity index (χ1n) is 6.59. The van der Waals surface area contributed by atoms with Crippen LogP contribution in [0.5, 0.6) is 0 Å². The molecule has 6 heteroatoms. The maximum Gasteiger partial charge on any atom is 0.321 e. The molecule has 4 N–H and O–H groups in total. The van der Waals surface area contributed by atoms with E-state index in [2.05, 4.69) is 10.6 Å². The standard InChI is InChI=1S/C14H21N3O2S/c1-3-4-7-16-14(19)17-13(18)9-20-12-6-5-10(2)8-11(12)15/h5-6,8H,3-4,7,9,15H2,1-2H3,(H2,16,17,18,19). The molecule has 5 nitrogen and oxygen atoms in total. The Labute approximate surface area is 123 Å². The first-order chi connectivity index (χ1) is 9.52. The largest absolute Gasteiger partial charge is 0.398 e. The van der Waals surface area contributed by atoms with Crippen molar-refractivity contribution in [1.82, 2.24) is 10.6 Å². The van der Waals surface area contributed by atoms with E-state index >= 15 is 0 Å². The van der Waals surface area contributed by atoms with Crippen molar-refractivity contribution in [2.45, 2.75) is 31.6 Å². The molecule has 0 aromatic heterocycles. The Kier molecular flexibility index (Phi) is 6.93. The third-order valence-electron chi connectivity index (χ3n) is 2.59. The van der Waals surface area contributed by atoms with Gasteiger partial charge in [-0.05, 0) is 31.0 Å². The zero-order chi connectivity index (χ0) is 15.0. The number of rotatable bonds is 6. The quantitative estimate of drug-likeness (QED) is 0.427. The molecule has 20 heavy (non-hydrogen) atoms. The Bertz CT molecular complexity index is 477. The Balaban J connectivity index is 2.34. The van der Waals surface area contributed by atoms with Gasteiger partial charge in [0.2, 0.25) is 5.91 Å². The summed E-state index contributed by atoms with van der Waals surface area (Å²) in [4.78, 5) is 23.8. The van der Waals surface area contributed by atoms with E-state index in [4.69, 9.17) is 5.73 Å². The fourth-order valence-corrected chi connectivity index (χ4v) is 2.28. The lowest BCUT2D eigenvalue weighted by Gasteiger charge is -2.07. The van der Waals surface area contributed by atoms with Crippen molar-refractivity contribution in [3.05, 3.63) is 23.8 Å². The number of thioether (sulfide) groups is 1. The van der Waals surface area contributed by atoms with E-state index in [1.807, 2.05) is 32.0 Å². The van der Waals surface area contributed by atoms with Crippen molar-refractivity contribution < 1.29 is 9.59 Å². The summed E-state index contributed by atoms with van der Waals surface area (Å²) in [6.07, 6.45) is 1.90. The molecule has 0 fully saturated rings. The second kappa shape index (κ2) is 8.47. The van der Waals surface area contributed by atoms with Crippen molar-refractivity contribution in [2.75, 3.05) is 18.0 Å². The molecule has 0 aliphatic rings. The molecule has 0 saturated heterocycles. The van der Waals surface area contributed by atoms with Crippen LogP contribution in [0.1, 0.15) is 25.3 Å². The smallest absolute Gasteiger partial charge is 0.321 e. The fraction of sp³-hybridized carbons (Fsp3) is 0.429. The lowest BCUT2D eigenvalue weighted by molar-refractivity contribution is -0.117. The minimum Gasteiger partial charge on any atom is -0.398 e. The number of nitrogens with two attached hydrogens (primary N) is 1. The molecular weight excluding hydrogens is 274 g/mol. The molecule has 0 heterocycles. The zero-order valence-electron chi connectivity index (χ0n) is 11.9. The fourth-order valence-electron chi connectivity index (χ4n) is 1.53. The predicted molar refractivity (Wildman–Crippen MR) is 82.8 cm³/mol. The van der Waals surface area contributed by atoms with E-state index < -0.39 is 6.03 Å². The van der Waals surface area contributed by atoms with Crippen molar-refractivity contribution in [2.24, 2.45) is 0 Å². The molecule has 0 saturated carbocycles. The van der Waals surface area contributed by atoms with Gasteiger partial charge in [-0.15, -0.1) is 11.8 Å². The Morgan fingerprint density at radius 1 is 1.35 bits per heavy atom. The van der Waals surface area contributed by atoms with E-state index in [-0.39, 0.29) is 11.7 Å². The van der Waals surface area contributed by atoms with Crippen LogP contribution in [0.3, 0.4) is 0 Å². The molecular formula is C14H21N3O2S. The number of nitrogens with one attached hydrogen (secondary N) is 2. The topological polar surface area (TPSA) is 84.2 Å². The second-order valence-corrected chi connectivity index (χ2v) is 5.50. The number of nitrogen functional groups attached to an aromatic ring is 1. The molecule has 0 spiro atoms. The monoisotopic (exact) mass is 295 g/mol. The number of unbranched alkanes of at least 4 members (excludes halogenated alkanes) is 1. The lowest BCUT2D eigenvalue weighted by atomic mass is 10.2. The summed E-state index contributed by atoms with van der Waals surface area (Å²) < 4.78 is 0. The van der Waals surface area contributed by atoms with E-state index in [9.17, 15) is 9.59 Å². The number of aryl methyl sites for hydroxylation is 1. The number of carbonyl (C=O) groups excluding carboxylic acids is 2. The van der Waals surface area contributed by atoms with Crippen molar-refractivity contribution >= 4 is 29.4 Å². The number of amides is 3. The van der Waals surface area contributed by atoms with Crippen LogP contribution in [0.4, 0.5) is 10.5 Å².